The minimum atomic E-state index is -5.46. The fraction of sp³-hybridized carbons (Fsp3) is 0.800. The van der Waals surface area contributed by atoms with Crippen molar-refractivity contribution in [1.82, 2.24) is 9.62 Å². The standard InChI is InChI=1S/C5H11Cl2N5O8S2/c1-9-5(20-2)11(22(17,18)19)3(6)10-4(7,12(5,8)13)21(14,15)16/h9,13H,8H2,1-2H3,(H-,14,15,16,17,18,19)/p+1. The summed E-state index contributed by atoms with van der Waals surface area (Å²) in [6, 6.07) is 0. The quantitative estimate of drug-likeness (QED) is 0.0872. The zero-order chi connectivity index (χ0) is 17.8. The predicted octanol–water partition coefficient (Wildman–Crippen LogP) is -2.01. The number of halogens is 2. The highest BCUT2D eigenvalue weighted by atomic mass is 35.5. The van der Waals surface area contributed by atoms with E-state index in [0.717, 1.165) is 14.2 Å². The van der Waals surface area contributed by atoms with E-state index in [1.807, 2.05) is 5.32 Å². The molecule has 1 heterocycles. The minimum Gasteiger partial charge on any atom is -0.294 e. The number of quaternary nitrogens is 1. The summed E-state index contributed by atoms with van der Waals surface area (Å²) >= 11 is 11.1. The maximum absolute atomic E-state index is 11.4. The van der Waals surface area contributed by atoms with Gasteiger partial charge in [-0.15, -0.1) is 10.1 Å². The van der Waals surface area contributed by atoms with E-state index in [1.165, 1.54) is 0 Å². The molecule has 3 atom stereocenters. The molecule has 0 saturated carbocycles. The monoisotopic (exact) mass is 404 g/mol. The largest absolute Gasteiger partial charge is 0.454 e. The molecule has 1 aliphatic rings. The smallest absolute Gasteiger partial charge is 0.294 e. The summed E-state index contributed by atoms with van der Waals surface area (Å²) < 4.78 is 62.4. The molecular weight excluding hydrogens is 393 g/mol. The van der Waals surface area contributed by atoms with Crippen LogP contribution in [0.1, 0.15) is 0 Å². The highest BCUT2D eigenvalue weighted by Gasteiger charge is 2.78. The molecule has 130 valence electrons. The highest BCUT2D eigenvalue weighted by molar-refractivity contribution is 7.88. The molecule has 0 aromatic carbocycles. The lowest BCUT2D eigenvalue weighted by Gasteiger charge is -2.50. The molecule has 1 rings (SSSR count). The third kappa shape index (κ3) is 2.38. The first kappa shape index (κ1) is 19.7. The van der Waals surface area contributed by atoms with E-state index < -0.39 is 40.9 Å². The molecule has 13 nitrogen and oxygen atoms in total. The Morgan fingerprint density at radius 3 is 2.14 bits per heavy atom. The van der Waals surface area contributed by atoms with E-state index in [4.69, 9.17) is 33.8 Å². The number of methoxy groups -OCH3 is 1. The van der Waals surface area contributed by atoms with Gasteiger partial charge in [-0.1, -0.05) is 0 Å². The van der Waals surface area contributed by atoms with Crippen LogP contribution in [0.4, 0.5) is 0 Å². The Kier molecular flexibility index (Phi) is 4.79. The molecule has 0 amide bonds. The first-order chi connectivity index (χ1) is 9.62. The van der Waals surface area contributed by atoms with Gasteiger partial charge in [0, 0.05) is 11.9 Å². The number of nitrogens with zero attached hydrogens (tertiary/aromatic N) is 3. The van der Waals surface area contributed by atoms with Crippen LogP contribution < -0.4 is 11.2 Å². The minimum absolute atomic E-state index is 0.284. The third-order valence-corrected chi connectivity index (χ3v) is 5.91. The number of aliphatic imine (C=N–C) groups is 1. The number of nitrogens with one attached hydrogen (secondary N) is 1. The number of nitrogens with two attached hydrogens (primary N) is 1. The molecule has 0 fully saturated rings. The van der Waals surface area contributed by atoms with Gasteiger partial charge in [-0.05, 0) is 30.2 Å². The van der Waals surface area contributed by atoms with Crippen LogP contribution in [-0.2, 0) is 25.2 Å². The summed E-state index contributed by atoms with van der Waals surface area (Å²) in [5, 5.41) is 11.0. The fourth-order valence-corrected chi connectivity index (χ4v) is 4.07. The zero-order valence-electron chi connectivity index (χ0n) is 10.9. The number of hydroxylamine groups is 2. The Labute approximate surface area is 135 Å². The van der Waals surface area contributed by atoms with E-state index in [0.29, 0.717) is 0 Å². The van der Waals surface area contributed by atoms with E-state index >= 15 is 0 Å². The Balaban J connectivity index is 3.98. The average molecular weight is 405 g/mol. The Bertz CT molecular complexity index is 702. The number of alkyl halides is 1. The van der Waals surface area contributed by atoms with Crippen molar-refractivity contribution in [3.8, 4) is 0 Å². The second-order valence-electron chi connectivity index (χ2n) is 3.87. The van der Waals surface area contributed by atoms with E-state index in [1.54, 1.807) is 0 Å². The van der Waals surface area contributed by atoms with Gasteiger partial charge in [0.15, 0.2) is 0 Å². The fourth-order valence-electron chi connectivity index (χ4n) is 1.77. The van der Waals surface area contributed by atoms with Crippen LogP contribution in [-0.4, -0.2) is 70.1 Å². The summed E-state index contributed by atoms with van der Waals surface area (Å²) in [6.07, 6.45) is 0. The Hall–Kier alpha value is -0.330. The molecule has 0 aliphatic carbocycles. The van der Waals surface area contributed by atoms with E-state index in [9.17, 15) is 31.1 Å². The van der Waals surface area contributed by atoms with Crippen molar-refractivity contribution in [2.75, 3.05) is 14.2 Å². The molecule has 0 saturated heterocycles. The van der Waals surface area contributed by atoms with Crippen LogP contribution in [0.15, 0.2) is 4.99 Å². The van der Waals surface area contributed by atoms with Crippen LogP contribution in [0.5, 0.6) is 0 Å². The van der Waals surface area contributed by atoms with Gasteiger partial charge in [0.2, 0.25) is 5.29 Å². The summed E-state index contributed by atoms with van der Waals surface area (Å²) in [7, 11) is -9.02. The number of rotatable bonds is 4. The molecule has 3 unspecified atom stereocenters. The molecular formula is C5H12Cl2N5O8S2+. The van der Waals surface area contributed by atoms with Crippen LogP contribution in [0, 0.1) is 0 Å². The number of hydrogen-bond acceptors (Lipinski definition) is 9. The molecule has 0 spiro atoms. The predicted molar refractivity (Wildman–Crippen MR) is 71.8 cm³/mol. The second kappa shape index (κ2) is 5.35. The van der Waals surface area contributed by atoms with Crippen molar-refractivity contribution in [2.45, 2.75) is 10.4 Å². The van der Waals surface area contributed by atoms with Crippen molar-refractivity contribution in [2.24, 2.45) is 10.8 Å². The number of hydrogen-bond donors (Lipinski definition) is 5. The van der Waals surface area contributed by atoms with Gasteiger partial charge in [0.05, 0.1) is 0 Å². The molecule has 0 aromatic rings. The lowest BCUT2D eigenvalue weighted by molar-refractivity contribution is -1.19. The molecule has 17 heteroatoms. The van der Waals surface area contributed by atoms with Crippen LogP contribution in [0.25, 0.3) is 0 Å². The number of ether oxygens (including phenoxy) is 1. The number of amidine groups is 1. The van der Waals surface area contributed by atoms with E-state index in [-0.39, 0.29) is 4.31 Å². The van der Waals surface area contributed by atoms with Crippen LogP contribution in [0.3, 0.4) is 0 Å². The zero-order valence-corrected chi connectivity index (χ0v) is 14.0. The Morgan fingerprint density at radius 1 is 1.41 bits per heavy atom. The van der Waals surface area contributed by atoms with Crippen molar-refractivity contribution < 1.29 is 40.6 Å². The lowest BCUT2D eigenvalue weighted by atomic mass is 10.5. The van der Waals surface area contributed by atoms with Gasteiger partial charge in [-0.3, -0.25) is 13.8 Å². The van der Waals surface area contributed by atoms with Crippen LogP contribution in [0.2, 0.25) is 0 Å². The van der Waals surface area contributed by atoms with Gasteiger partial charge in [0.1, 0.15) is 0 Å². The first-order valence-corrected chi connectivity index (χ1v) is 8.55. The van der Waals surface area contributed by atoms with Crippen molar-refractivity contribution >= 4 is 48.9 Å². The highest BCUT2D eigenvalue weighted by Crippen LogP contribution is 2.44. The SMILES string of the molecule is CNC1(OC)N(S(=O)(=O)O)C(Cl)=NC(Cl)(S(=O)(=O)O)[N+]1(N)O. The van der Waals surface area contributed by atoms with Gasteiger partial charge in [0.25, 0.3) is 0 Å². The van der Waals surface area contributed by atoms with Gasteiger partial charge >= 0.3 is 30.8 Å². The molecule has 22 heavy (non-hydrogen) atoms. The topological polar surface area (TPSA) is 192 Å². The average Bonchev–Trinajstić information content (AvgIpc) is 2.30. The van der Waals surface area contributed by atoms with Gasteiger partial charge < -0.3 is 0 Å². The molecule has 0 bridgehead atoms. The molecule has 0 radical (unpaired) electrons. The molecule has 1 aliphatic heterocycles. The summed E-state index contributed by atoms with van der Waals surface area (Å²) in [4.78, 5) is 2.95. The van der Waals surface area contributed by atoms with E-state index in [2.05, 4.69) is 4.99 Å². The summed E-state index contributed by atoms with van der Waals surface area (Å²) in [5.74, 6) is 2.35. The first-order valence-electron chi connectivity index (χ1n) is 4.96. The normalized spacial score (nSPS) is 37.1. The molecule has 6 N–H and O–H groups in total. The van der Waals surface area contributed by atoms with Crippen molar-refractivity contribution in [3.63, 3.8) is 0 Å². The van der Waals surface area contributed by atoms with Crippen LogP contribution >= 0.6 is 23.2 Å². The second-order valence-corrected chi connectivity index (χ2v) is 7.74. The van der Waals surface area contributed by atoms with Crippen molar-refractivity contribution in [3.05, 3.63) is 0 Å². The van der Waals surface area contributed by atoms with Gasteiger partial charge in [-0.25, -0.2) is 5.32 Å². The van der Waals surface area contributed by atoms with Gasteiger partial charge in [-0.2, -0.15) is 27.0 Å². The maximum Gasteiger partial charge on any atom is 0.454 e. The maximum atomic E-state index is 11.4. The molecule has 0 aromatic heterocycles. The lowest BCUT2D eigenvalue weighted by Crippen LogP contribution is -2.88. The third-order valence-electron chi connectivity index (χ3n) is 2.72. The summed E-state index contributed by atoms with van der Waals surface area (Å²) in [5.41, 5.74) is 0. The summed E-state index contributed by atoms with van der Waals surface area (Å²) in [6.45, 7) is 0. The van der Waals surface area contributed by atoms with Crippen molar-refractivity contribution in [1.29, 1.82) is 0 Å². The Morgan fingerprint density at radius 2 is 1.86 bits per heavy atom.